The van der Waals surface area contributed by atoms with Gasteiger partial charge in [0, 0.05) is 13.1 Å². The summed E-state index contributed by atoms with van der Waals surface area (Å²) in [6.45, 7) is 0.755. The molecule has 1 N–H and O–H groups in total. The maximum atomic E-state index is 12.3. The van der Waals surface area contributed by atoms with Crippen LogP contribution in [0.5, 0.6) is 5.75 Å². The molecule has 0 radical (unpaired) electrons. The molecule has 0 saturated carbocycles. The summed E-state index contributed by atoms with van der Waals surface area (Å²) in [5, 5.41) is 11.2. The highest BCUT2D eigenvalue weighted by Crippen LogP contribution is 2.33. The largest absolute Gasteiger partial charge is 0.483 e. The van der Waals surface area contributed by atoms with Crippen molar-refractivity contribution in [3.63, 3.8) is 0 Å². The van der Waals surface area contributed by atoms with Gasteiger partial charge in [0.2, 0.25) is 0 Å². The molecule has 0 spiro atoms. The predicted molar refractivity (Wildman–Crippen MR) is 94.1 cm³/mol. The second-order valence-electron chi connectivity index (χ2n) is 5.90. The fourth-order valence-corrected chi connectivity index (χ4v) is 3.57. The van der Waals surface area contributed by atoms with Gasteiger partial charge in [-0.1, -0.05) is 30.3 Å². The van der Waals surface area contributed by atoms with Gasteiger partial charge in [-0.15, -0.1) is 0 Å². The molecule has 1 heterocycles. The van der Waals surface area contributed by atoms with Gasteiger partial charge < -0.3 is 14.7 Å². The normalized spacial score (nSPS) is 17.7. The summed E-state index contributed by atoms with van der Waals surface area (Å²) < 4.78 is 6.49. The Labute approximate surface area is 148 Å². The fraction of sp³-hybridized carbons (Fsp3) is 0.333. The van der Waals surface area contributed by atoms with Crippen LogP contribution in [0.15, 0.2) is 40.9 Å². The van der Waals surface area contributed by atoms with Crippen LogP contribution in [-0.4, -0.2) is 41.6 Å². The van der Waals surface area contributed by atoms with Gasteiger partial charge in [-0.2, -0.15) is 0 Å². The lowest BCUT2D eigenvalue weighted by atomic mass is 9.98. The highest BCUT2D eigenvalue weighted by atomic mass is 79.9. The summed E-state index contributed by atoms with van der Waals surface area (Å²) in [4.78, 5) is 25.0. The van der Waals surface area contributed by atoms with Crippen molar-refractivity contribution in [3.8, 4) is 5.75 Å². The summed E-state index contributed by atoms with van der Waals surface area (Å²) in [6, 6.07) is 11.7. The van der Waals surface area contributed by atoms with Crippen molar-refractivity contribution in [1.29, 1.82) is 0 Å². The van der Waals surface area contributed by atoms with Crippen molar-refractivity contribution in [1.82, 2.24) is 4.90 Å². The number of aliphatic carboxylic acids is 1. The Morgan fingerprint density at radius 1 is 1.25 bits per heavy atom. The van der Waals surface area contributed by atoms with Gasteiger partial charge in [-0.25, -0.2) is 0 Å². The van der Waals surface area contributed by atoms with Gasteiger partial charge in [0.05, 0.1) is 10.4 Å². The first-order chi connectivity index (χ1) is 11.6. The zero-order chi connectivity index (χ0) is 17.1. The minimum atomic E-state index is -0.842. The van der Waals surface area contributed by atoms with E-state index in [2.05, 4.69) is 15.9 Å². The first kappa shape index (κ1) is 16.8. The zero-order valence-corrected chi connectivity index (χ0v) is 14.7. The number of carboxylic acid groups (broad SMARTS) is 1. The molecule has 2 aromatic rings. The molecule has 1 fully saturated rings. The highest BCUT2D eigenvalue weighted by Gasteiger charge is 2.28. The van der Waals surface area contributed by atoms with Gasteiger partial charge in [0.15, 0.2) is 6.61 Å². The number of amides is 1. The second-order valence-corrected chi connectivity index (χ2v) is 6.70. The summed E-state index contributed by atoms with van der Waals surface area (Å²) in [6.07, 6.45) is 1.33. The maximum Gasteiger partial charge on any atom is 0.308 e. The number of nitrogens with zero attached hydrogens (tertiary/aromatic N) is 1. The first-order valence-electron chi connectivity index (χ1n) is 7.87. The molecule has 1 aliphatic heterocycles. The van der Waals surface area contributed by atoms with E-state index in [0.717, 1.165) is 15.2 Å². The summed E-state index contributed by atoms with van der Waals surface area (Å²) in [5.41, 5.74) is 0. The number of carbonyl (C=O) groups is 2. The molecule has 5 nitrogen and oxygen atoms in total. The molecular formula is C18H18BrNO4. The van der Waals surface area contributed by atoms with E-state index in [1.54, 1.807) is 4.90 Å². The number of ether oxygens (including phenoxy) is 1. The smallest absolute Gasteiger partial charge is 0.308 e. The van der Waals surface area contributed by atoms with Crippen LogP contribution in [0, 0.1) is 5.92 Å². The van der Waals surface area contributed by atoms with Crippen molar-refractivity contribution in [3.05, 3.63) is 40.9 Å². The van der Waals surface area contributed by atoms with E-state index in [0.29, 0.717) is 25.1 Å². The minimum absolute atomic E-state index is 0.0940. The van der Waals surface area contributed by atoms with E-state index in [4.69, 9.17) is 9.84 Å². The molecule has 24 heavy (non-hydrogen) atoms. The Balaban J connectivity index is 1.66. The molecule has 6 heteroatoms. The predicted octanol–water partition coefficient (Wildman–Crippen LogP) is 3.30. The van der Waals surface area contributed by atoms with Gasteiger partial charge in [-0.3, -0.25) is 9.59 Å². The molecule has 126 valence electrons. The van der Waals surface area contributed by atoms with Crippen molar-refractivity contribution >= 4 is 38.6 Å². The number of hydrogen-bond acceptors (Lipinski definition) is 3. The van der Waals surface area contributed by atoms with E-state index >= 15 is 0 Å². The van der Waals surface area contributed by atoms with Crippen molar-refractivity contribution in [2.45, 2.75) is 12.8 Å². The van der Waals surface area contributed by atoms with Gasteiger partial charge in [0.25, 0.3) is 5.91 Å². The molecule has 3 rings (SSSR count). The van der Waals surface area contributed by atoms with E-state index < -0.39 is 11.9 Å². The molecule has 0 bridgehead atoms. The average molecular weight is 392 g/mol. The fourth-order valence-electron chi connectivity index (χ4n) is 2.96. The molecule has 1 amide bonds. The molecule has 2 aromatic carbocycles. The van der Waals surface area contributed by atoms with E-state index in [1.165, 1.54) is 0 Å². The van der Waals surface area contributed by atoms with E-state index in [-0.39, 0.29) is 19.1 Å². The second kappa shape index (κ2) is 7.21. The molecule has 1 atom stereocenters. The molecule has 1 aliphatic rings. The van der Waals surface area contributed by atoms with Crippen LogP contribution in [0.2, 0.25) is 0 Å². The minimum Gasteiger partial charge on any atom is -0.483 e. The number of piperidine rings is 1. The number of carboxylic acids is 1. The zero-order valence-electron chi connectivity index (χ0n) is 13.1. The summed E-state index contributed by atoms with van der Waals surface area (Å²) >= 11 is 3.53. The van der Waals surface area contributed by atoms with Crippen LogP contribution in [0.1, 0.15) is 12.8 Å². The van der Waals surface area contributed by atoms with E-state index in [1.807, 2.05) is 36.4 Å². The number of fused-ring (bicyclic) bond motifs is 1. The number of likely N-dealkylation sites (tertiary alicyclic amines) is 1. The Morgan fingerprint density at radius 2 is 2.04 bits per heavy atom. The van der Waals surface area contributed by atoms with Crippen LogP contribution in [0.25, 0.3) is 10.8 Å². The lowest BCUT2D eigenvalue weighted by Crippen LogP contribution is -2.44. The summed E-state index contributed by atoms with van der Waals surface area (Å²) in [5.74, 6) is -0.893. The number of hydrogen-bond donors (Lipinski definition) is 1. The monoisotopic (exact) mass is 391 g/mol. The van der Waals surface area contributed by atoms with Gasteiger partial charge in [-0.05, 0) is 45.6 Å². The average Bonchev–Trinajstić information content (AvgIpc) is 2.61. The third-order valence-corrected chi connectivity index (χ3v) is 5.12. The lowest BCUT2D eigenvalue weighted by molar-refractivity contribution is -0.146. The lowest BCUT2D eigenvalue weighted by Gasteiger charge is -2.30. The van der Waals surface area contributed by atoms with Crippen LogP contribution in [0.4, 0.5) is 0 Å². The van der Waals surface area contributed by atoms with Gasteiger partial charge >= 0.3 is 5.97 Å². The van der Waals surface area contributed by atoms with Crippen LogP contribution in [0.3, 0.4) is 0 Å². The number of halogens is 1. The third-order valence-electron chi connectivity index (χ3n) is 4.30. The number of benzene rings is 2. The summed E-state index contributed by atoms with van der Waals surface area (Å²) in [7, 11) is 0. The van der Waals surface area contributed by atoms with Crippen LogP contribution < -0.4 is 4.74 Å². The highest BCUT2D eigenvalue weighted by molar-refractivity contribution is 9.10. The van der Waals surface area contributed by atoms with Crippen molar-refractivity contribution in [2.24, 2.45) is 5.92 Å². The third kappa shape index (κ3) is 3.53. The van der Waals surface area contributed by atoms with Gasteiger partial charge in [0.1, 0.15) is 5.75 Å². The van der Waals surface area contributed by atoms with Crippen LogP contribution in [-0.2, 0) is 9.59 Å². The van der Waals surface area contributed by atoms with E-state index in [9.17, 15) is 9.59 Å². The Morgan fingerprint density at radius 3 is 2.83 bits per heavy atom. The van der Waals surface area contributed by atoms with Crippen molar-refractivity contribution < 1.29 is 19.4 Å². The Kier molecular flexibility index (Phi) is 5.04. The quantitative estimate of drug-likeness (QED) is 0.867. The first-order valence-corrected chi connectivity index (χ1v) is 8.66. The Bertz CT molecular complexity index is 777. The van der Waals surface area contributed by atoms with Crippen molar-refractivity contribution in [2.75, 3.05) is 19.7 Å². The molecule has 1 saturated heterocycles. The van der Waals surface area contributed by atoms with Crippen LogP contribution >= 0.6 is 15.9 Å². The SMILES string of the molecule is O=C(O)C1CCCN(C(=O)COc2ccc3ccccc3c2Br)C1. The molecule has 0 aliphatic carbocycles. The number of carbonyl (C=O) groups excluding carboxylic acids is 1. The standard InChI is InChI=1S/C18H18BrNO4/c19-17-14-6-2-1-4-12(14)7-8-15(17)24-11-16(21)20-9-3-5-13(10-20)18(22)23/h1-2,4,6-8,13H,3,5,9-11H2,(H,22,23). The Hall–Kier alpha value is -2.08. The molecule has 0 aromatic heterocycles. The number of rotatable bonds is 4. The maximum absolute atomic E-state index is 12.3. The molecular weight excluding hydrogens is 374 g/mol. The molecule has 1 unspecified atom stereocenters. The topological polar surface area (TPSA) is 66.8 Å².